The van der Waals surface area contributed by atoms with Crippen molar-refractivity contribution < 1.29 is 14.6 Å². The average molecular weight is 208 g/mol. The lowest BCUT2D eigenvalue weighted by Crippen LogP contribution is -2.25. The highest BCUT2D eigenvalue weighted by Gasteiger charge is 2.20. The number of nitrogens with zero attached hydrogens (tertiary/aromatic N) is 1. The smallest absolute Gasteiger partial charge is 0.338 e. The maximum Gasteiger partial charge on any atom is 0.338 e. The summed E-state index contributed by atoms with van der Waals surface area (Å²) in [5.41, 5.74) is 5.67. The third-order valence-electron chi connectivity index (χ3n) is 2.48. The second-order valence-corrected chi connectivity index (χ2v) is 3.59. The van der Waals surface area contributed by atoms with Crippen molar-refractivity contribution in [2.45, 2.75) is 25.4 Å². The van der Waals surface area contributed by atoms with Crippen LogP contribution in [0.25, 0.3) is 0 Å². The molecule has 1 fully saturated rings. The van der Waals surface area contributed by atoms with Gasteiger partial charge < -0.3 is 15.6 Å². The third-order valence-corrected chi connectivity index (χ3v) is 2.48. The number of rotatable bonds is 3. The molecule has 0 radical (unpaired) electrons. The Labute approximate surface area is 86.9 Å². The van der Waals surface area contributed by atoms with E-state index in [1.54, 1.807) is 0 Å². The number of aromatic nitrogens is 1. The molecule has 2 rings (SSSR count). The molecular weight excluding hydrogens is 196 g/mol. The molecule has 0 amide bonds. The molecule has 0 aliphatic heterocycles. The highest BCUT2D eigenvalue weighted by Crippen LogP contribution is 2.25. The Balaban J connectivity index is 2.17. The Kier molecular flexibility index (Phi) is 2.45. The highest BCUT2D eigenvalue weighted by atomic mass is 16.5. The lowest BCUT2D eigenvalue weighted by molar-refractivity contribution is 0.0695. The van der Waals surface area contributed by atoms with Gasteiger partial charge in [-0.05, 0) is 19.3 Å². The number of carbonyl (C=O) groups is 1. The Morgan fingerprint density at radius 2 is 2.33 bits per heavy atom. The number of hydrogen-bond acceptors (Lipinski definition) is 4. The first-order valence-corrected chi connectivity index (χ1v) is 4.82. The lowest BCUT2D eigenvalue weighted by Gasteiger charge is -2.25. The molecule has 15 heavy (non-hydrogen) atoms. The summed E-state index contributed by atoms with van der Waals surface area (Å²) < 4.78 is 5.47. The van der Waals surface area contributed by atoms with Gasteiger partial charge in [-0.25, -0.2) is 9.78 Å². The Bertz CT molecular complexity index is 388. The number of aromatic carboxylic acids is 1. The van der Waals surface area contributed by atoms with Crippen LogP contribution in [0.15, 0.2) is 12.3 Å². The van der Waals surface area contributed by atoms with Crippen LogP contribution in [0.3, 0.4) is 0 Å². The molecule has 5 nitrogen and oxygen atoms in total. The summed E-state index contributed by atoms with van der Waals surface area (Å²) in [5, 5.41) is 8.83. The minimum absolute atomic E-state index is 0.0410. The fourth-order valence-electron chi connectivity index (χ4n) is 1.36. The largest absolute Gasteiger partial charge is 0.478 e. The molecule has 80 valence electrons. The van der Waals surface area contributed by atoms with Gasteiger partial charge in [0.2, 0.25) is 5.88 Å². The van der Waals surface area contributed by atoms with Crippen LogP contribution < -0.4 is 10.5 Å². The first kappa shape index (κ1) is 9.76. The molecule has 0 bridgehead atoms. The monoisotopic (exact) mass is 208 g/mol. The van der Waals surface area contributed by atoms with Crippen LogP contribution >= 0.6 is 0 Å². The molecule has 0 aromatic carbocycles. The summed E-state index contributed by atoms with van der Waals surface area (Å²) in [7, 11) is 0. The summed E-state index contributed by atoms with van der Waals surface area (Å²) in [4.78, 5) is 14.7. The molecule has 1 aromatic rings. The van der Waals surface area contributed by atoms with Crippen molar-refractivity contribution in [3.8, 4) is 5.88 Å². The fraction of sp³-hybridized carbons (Fsp3) is 0.400. The molecule has 1 aliphatic rings. The molecule has 0 saturated heterocycles. The predicted octanol–water partition coefficient (Wildman–Crippen LogP) is 1.29. The minimum atomic E-state index is -1.06. The molecule has 3 N–H and O–H groups in total. The van der Waals surface area contributed by atoms with Gasteiger partial charge in [0, 0.05) is 6.07 Å². The summed E-state index contributed by atoms with van der Waals surface area (Å²) in [6.45, 7) is 0. The van der Waals surface area contributed by atoms with Crippen molar-refractivity contribution >= 4 is 11.7 Å². The van der Waals surface area contributed by atoms with E-state index in [4.69, 9.17) is 15.6 Å². The van der Waals surface area contributed by atoms with Crippen LogP contribution in [0.2, 0.25) is 0 Å². The number of pyridine rings is 1. The van der Waals surface area contributed by atoms with Gasteiger partial charge in [0.05, 0.1) is 17.4 Å². The van der Waals surface area contributed by atoms with E-state index in [9.17, 15) is 4.79 Å². The Morgan fingerprint density at radius 3 is 2.87 bits per heavy atom. The molecule has 5 heteroatoms. The highest BCUT2D eigenvalue weighted by molar-refractivity contribution is 5.93. The molecule has 0 atom stereocenters. The van der Waals surface area contributed by atoms with Crippen molar-refractivity contribution in [3.05, 3.63) is 17.8 Å². The molecule has 0 unspecified atom stereocenters. The van der Waals surface area contributed by atoms with E-state index < -0.39 is 5.97 Å². The van der Waals surface area contributed by atoms with Crippen LogP contribution in [0.1, 0.15) is 29.6 Å². The second kappa shape index (κ2) is 3.76. The summed E-state index contributed by atoms with van der Waals surface area (Å²) in [6, 6.07) is 1.37. The summed E-state index contributed by atoms with van der Waals surface area (Å²) >= 11 is 0. The van der Waals surface area contributed by atoms with E-state index in [2.05, 4.69) is 4.98 Å². The van der Waals surface area contributed by atoms with Gasteiger partial charge in [-0.1, -0.05) is 0 Å². The maximum atomic E-state index is 10.8. The van der Waals surface area contributed by atoms with Crippen LogP contribution in [-0.2, 0) is 0 Å². The van der Waals surface area contributed by atoms with Gasteiger partial charge in [0.15, 0.2) is 0 Å². The first-order chi connectivity index (χ1) is 7.16. The third kappa shape index (κ3) is 2.01. The zero-order valence-electron chi connectivity index (χ0n) is 8.14. The standard InChI is InChI=1S/C10H12N2O3/c11-8-5-12-9(4-7(8)10(13)14)15-6-2-1-3-6/h4-6H,1-3,11H2,(H,13,14). The van der Waals surface area contributed by atoms with Gasteiger partial charge in [-0.15, -0.1) is 0 Å². The SMILES string of the molecule is Nc1cnc(OC2CCC2)cc1C(=O)O. The van der Waals surface area contributed by atoms with Crippen LogP contribution in [0, 0.1) is 0 Å². The lowest BCUT2D eigenvalue weighted by atomic mass is 9.96. The van der Waals surface area contributed by atoms with Crippen LogP contribution in [0.4, 0.5) is 5.69 Å². The molecule has 1 aliphatic carbocycles. The molecule has 0 spiro atoms. The predicted molar refractivity (Wildman–Crippen MR) is 53.9 cm³/mol. The maximum absolute atomic E-state index is 10.8. The molecule has 1 heterocycles. The van der Waals surface area contributed by atoms with E-state index in [0.29, 0.717) is 5.88 Å². The Hall–Kier alpha value is -1.78. The zero-order valence-corrected chi connectivity index (χ0v) is 8.14. The van der Waals surface area contributed by atoms with Crippen molar-refractivity contribution in [1.29, 1.82) is 0 Å². The molecular formula is C10H12N2O3. The fourth-order valence-corrected chi connectivity index (χ4v) is 1.36. The number of hydrogen-bond donors (Lipinski definition) is 2. The number of nitrogen functional groups attached to an aromatic ring is 1. The molecule has 1 saturated carbocycles. The molecule has 1 aromatic heterocycles. The second-order valence-electron chi connectivity index (χ2n) is 3.59. The van der Waals surface area contributed by atoms with Crippen molar-refractivity contribution in [2.75, 3.05) is 5.73 Å². The summed E-state index contributed by atoms with van der Waals surface area (Å²) in [6.07, 6.45) is 4.67. The Morgan fingerprint density at radius 1 is 1.60 bits per heavy atom. The number of carboxylic acid groups (broad SMARTS) is 1. The van der Waals surface area contributed by atoms with Gasteiger partial charge >= 0.3 is 5.97 Å². The topological polar surface area (TPSA) is 85.4 Å². The number of carboxylic acids is 1. The zero-order chi connectivity index (χ0) is 10.8. The van der Waals surface area contributed by atoms with Crippen molar-refractivity contribution in [3.63, 3.8) is 0 Å². The van der Waals surface area contributed by atoms with E-state index >= 15 is 0 Å². The number of anilines is 1. The average Bonchev–Trinajstić information content (AvgIpc) is 2.13. The van der Waals surface area contributed by atoms with Gasteiger partial charge in [0.1, 0.15) is 6.10 Å². The quantitative estimate of drug-likeness (QED) is 0.781. The normalized spacial score (nSPS) is 15.7. The number of ether oxygens (including phenoxy) is 1. The first-order valence-electron chi connectivity index (χ1n) is 4.82. The van der Waals surface area contributed by atoms with E-state index in [0.717, 1.165) is 19.3 Å². The van der Waals surface area contributed by atoms with Gasteiger partial charge in [0.25, 0.3) is 0 Å². The van der Waals surface area contributed by atoms with Gasteiger partial charge in [-0.2, -0.15) is 0 Å². The van der Waals surface area contributed by atoms with Crippen LogP contribution in [-0.4, -0.2) is 22.2 Å². The van der Waals surface area contributed by atoms with Crippen molar-refractivity contribution in [2.24, 2.45) is 0 Å². The van der Waals surface area contributed by atoms with Crippen LogP contribution in [0.5, 0.6) is 5.88 Å². The van der Waals surface area contributed by atoms with Gasteiger partial charge in [-0.3, -0.25) is 0 Å². The van der Waals surface area contributed by atoms with E-state index in [-0.39, 0.29) is 17.4 Å². The van der Waals surface area contributed by atoms with Crippen molar-refractivity contribution in [1.82, 2.24) is 4.98 Å². The number of nitrogens with two attached hydrogens (primary N) is 1. The minimum Gasteiger partial charge on any atom is -0.478 e. The summed E-state index contributed by atoms with van der Waals surface area (Å²) in [5.74, 6) is -0.723. The van der Waals surface area contributed by atoms with E-state index in [1.165, 1.54) is 12.3 Å². The van der Waals surface area contributed by atoms with E-state index in [1.807, 2.05) is 0 Å².